The van der Waals surface area contributed by atoms with Crippen LogP contribution >= 0.6 is 23.1 Å². The van der Waals surface area contributed by atoms with E-state index in [4.69, 9.17) is 10.5 Å². The van der Waals surface area contributed by atoms with Crippen molar-refractivity contribution in [2.75, 3.05) is 11.1 Å². The lowest BCUT2D eigenvalue weighted by atomic mass is 9.95. The van der Waals surface area contributed by atoms with Gasteiger partial charge in [0, 0.05) is 11.4 Å². The summed E-state index contributed by atoms with van der Waals surface area (Å²) in [6.07, 6.45) is 3.90. The lowest BCUT2D eigenvalue weighted by molar-refractivity contribution is -0.113. The molecule has 0 unspecified atom stereocenters. The van der Waals surface area contributed by atoms with E-state index >= 15 is 0 Å². The van der Waals surface area contributed by atoms with Crippen molar-refractivity contribution in [2.45, 2.75) is 57.8 Å². The highest BCUT2D eigenvalue weighted by molar-refractivity contribution is 7.99. The maximum Gasteiger partial charge on any atom is 0.251 e. The van der Waals surface area contributed by atoms with Gasteiger partial charge in [-0.05, 0) is 56.7 Å². The van der Waals surface area contributed by atoms with Crippen molar-refractivity contribution < 1.29 is 14.3 Å². The Kier molecular flexibility index (Phi) is 7.34. The number of aryl methyl sites for hydroxylation is 2. The smallest absolute Gasteiger partial charge is 0.251 e. The van der Waals surface area contributed by atoms with E-state index in [1.54, 1.807) is 0 Å². The number of anilines is 1. The maximum absolute atomic E-state index is 12.7. The van der Waals surface area contributed by atoms with Gasteiger partial charge in [-0.2, -0.15) is 0 Å². The number of benzene rings is 1. The molecule has 2 amide bonds. The topological polar surface area (TPSA) is 112 Å². The van der Waals surface area contributed by atoms with Crippen LogP contribution in [0.4, 0.5) is 5.00 Å². The maximum atomic E-state index is 12.7. The summed E-state index contributed by atoms with van der Waals surface area (Å²) < 4.78 is 7.84. The molecule has 1 aliphatic carbocycles. The van der Waals surface area contributed by atoms with E-state index in [9.17, 15) is 9.59 Å². The van der Waals surface area contributed by atoms with Crippen LogP contribution in [0.5, 0.6) is 5.75 Å². The minimum Gasteiger partial charge on any atom is -0.485 e. The van der Waals surface area contributed by atoms with Crippen molar-refractivity contribution >= 4 is 39.9 Å². The molecule has 0 fully saturated rings. The van der Waals surface area contributed by atoms with Crippen LogP contribution in [-0.4, -0.2) is 32.3 Å². The molecular weight excluding hydrogens is 458 g/mol. The third-order valence-corrected chi connectivity index (χ3v) is 7.74. The van der Waals surface area contributed by atoms with Crippen LogP contribution in [-0.2, 0) is 30.8 Å². The SMILES string of the molecule is CCn1c(COc2ccccc2C)nnc1SCC(=O)Nc1sc2c(c1C(N)=O)CCCC2. The fourth-order valence-electron chi connectivity index (χ4n) is 3.92. The first-order valence-corrected chi connectivity index (χ1v) is 12.8. The predicted molar refractivity (Wildman–Crippen MR) is 130 cm³/mol. The first-order valence-electron chi connectivity index (χ1n) is 11.0. The number of primary amides is 1. The number of nitrogens with one attached hydrogen (secondary N) is 1. The Morgan fingerprint density at radius 2 is 2.03 bits per heavy atom. The number of amides is 2. The molecule has 1 aliphatic rings. The Morgan fingerprint density at radius 3 is 2.79 bits per heavy atom. The van der Waals surface area contributed by atoms with Gasteiger partial charge in [-0.15, -0.1) is 21.5 Å². The van der Waals surface area contributed by atoms with Gasteiger partial charge in [0.05, 0.1) is 11.3 Å². The molecule has 0 saturated carbocycles. The average Bonchev–Trinajstić information content (AvgIpc) is 3.37. The molecule has 3 N–H and O–H groups in total. The number of para-hydroxylation sites is 1. The molecule has 1 aromatic carbocycles. The standard InChI is InChI=1S/C23H27N5O3S2/c1-3-28-18(12-31-16-10-6-4-8-14(16)2)26-27-23(28)32-13-19(29)25-22-20(21(24)30)15-9-5-7-11-17(15)33-22/h4,6,8,10H,3,5,7,9,11-13H2,1-2H3,(H2,24,30)(H,25,29). The fraction of sp³-hybridized carbons (Fsp3) is 0.391. The van der Waals surface area contributed by atoms with Crippen LogP contribution in [0.3, 0.4) is 0 Å². The highest BCUT2D eigenvalue weighted by atomic mass is 32.2. The van der Waals surface area contributed by atoms with E-state index in [-0.39, 0.29) is 11.7 Å². The van der Waals surface area contributed by atoms with Gasteiger partial charge in [0.1, 0.15) is 17.4 Å². The first kappa shape index (κ1) is 23.3. The summed E-state index contributed by atoms with van der Waals surface area (Å²) in [6, 6.07) is 7.81. The largest absolute Gasteiger partial charge is 0.485 e. The summed E-state index contributed by atoms with van der Waals surface area (Å²) >= 11 is 2.77. The van der Waals surface area contributed by atoms with Crippen molar-refractivity contribution in [1.29, 1.82) is 0 Å². The van der Waals surface area contributed by atoms with E-state index in [2.05, 4.69) is 15.5 Å². The second-order valence-corrected chi connectivity index (χ2v) is 9.86. The van der Waals surface area contributed by atoms with Gasteiger partial charge in [-0.25, -0.2) is 0 Å². The Morgan fingerprint density at radius 1 is 1.24 bits per heavy atom. The van der Waals surface area contributed by atoms with Crippen LogP contribution < -0.4 is 15.8 Å². The molecule has 0 radical (unpaired) electrons. The van der Waals surface area contributed by atoms with Crippen LogP contribution in [0, 0.1) is 6.92 Å². The van der Waals surface area contributed by atoms with Crippen molar-refractivity contribution in [2.24, 2.45) is 5.73 Å². The first-order chi connectivity index (χ1) is 16.0. The van der Waals surface area contributed by atoms with Gasteiger partial charge in [0.2, 0.25) is 5.91 Å². The number of hydrogen-bond donors (Lipinski definition) is 2. The molecule has 0 saturated heterocycles. The zero-order chi connectivity index (χ0) is 23.4. The van der Waals surface area contributed by atoms with E-state index in [1.807, 2.05) is 42.7 Å². The second-order valence-electron chi connectivity index (χ2n) is 7.81. The molecule has 0 atom stereocenters. The molecule has 8 nitrogen and oxygen atoms in total. The number of nitrogens with zero attached hydrogens (tertiary/aromatic N) is 3. The van der Waals surface area contributed by atoms with Gasteiger partial charge in [-0.1, -0.05) is 30.0 Å². The number of nitrogens with two attached hydrogens (primary N) is 1. The van der Waals surface area contributed by atoms with Crippen LogP contribution in [0.1, 0.15) is 52.0 Å². The molecule has 0 spiro atoms. The Bertz CT molecular complexity index is 1170. The van der Waals surface area contributed by atoms with Gasteiger partial charge in [-0.3, -0.25) is 9.59 Å². The van der Waals surface area contributed by atoms with Crippen molar-refractivity contribution in [1.82, 2.24) is 14.8 Å². The summed E-state index contributed by atoms with van der Waals surface area (Å²) in [5.74, 6) is 0.967. The quantitative estimate of drug-likeness (QED) is 0.444. The predicted octanol–water partition coefficient (Wildman–Crippen LogP) is 3.96. The molecule has 3 aromatic rings. The highest BCUT2D eigenvalue weighted by Gasteiger charge is 2.25. The number of hydrogen-bond acceptors (Lipinski definition) is 7. The third-order valence-electron chi connectivity index (χ3n) is 5.56. The molecular formula is C23H27N5O3S2. The zero-order valence-corrected chi connectivity index (χ0v) is 20.4. The van der Waals surface area contributed by atoms with Crippen LogP contribution in [0.2, 0.25) is 0 Å². The Labute approximate surface area is 200 Å². The summed E-state index contributed by atoms with van der Waals surface area (Å²) in [5, 5.41) is 12.6. The molecule has 0 bridgehead atoms. The Balaban J connectivity index is 1.39. The molecule has 10 heteroatoms. The second kappa shape index (κ2) is 10.4. The highest BCUT2D eigenvalue weighted by Crippen LogP contribution is 2.38. The van der Waals surface area contributed by atoms with Crippen molar-refractivity contribution in [3.63, 3.8) is 0 Å². The summed E-state index contributed by atoms with van der Waals surface area (Å²) in [7, 11) is 0. The van der Waals surface area contributed by atoms with E-state index in [1.165, 1.54) is 23.1 Å². The van der Waals surface area contributed by atoms with E-state index < -0.39 is 5.91 Å². The minimum absolute atomic E-state index is 0.150. The zero-order valence-electron chi connectivity index (χ0n) is 18.7. The van der Waals surface area contributed by atoms with Crippen LogP contribution in [0.25, 0.3) is 0 Å². The lowest BCUT2D eigenvalue weighted by Crippen LogP contribution is -2.19. The van der Waals surface area contributed by atoms with Crippen LogP contribution in [0.15, 0.2) is 29.4 Å². The number of fused-ring (bicyclic) bond motifs is 1. The fourth-order valence-corrected chi connectivity index (χ4v) is 6.05. The third kappa shape index (κ3) is 5.22. The monoisotopic (exact) mass is 485 g/mol. The number of carbonyl (C=O) groups is 2. The van der Waals surface area contributed by atoms with E-state index in [0.29, 0.717) is 34.7 Å². The number of aromatic nitrogens is 3. The van der Waals surface area contributed by atoms with Crippen molar-refractivity contribution in [3.05, 3.63) is 51.7 Å². The average molecular weight is 486 g/mol. The summed E-state index contributed by atoms with van der Waals surface area (Å²) in [6.45, 7) is 4.95. The van der Waals surface area contributed by atoms with Gasteiger partial charge in [0.15, 0.2) is 11.0 Å². The molecule has 0 aliphatic heterocycles. The lowest BCUT2D eigenvalue weighted by Gasteiger charge is -2.11. The van der Waals surface area contributed by atoms with Gasteiger partial charge < -0.3 is 20.4 Å². The summed E-state index contributed by atoms with van der Waals surface area (Å²) in [5.41, 5.74) is 8.15. The molecule has 2 heterocycles. The molecule has 2 aromatic heterocycles. The van der Waals surface area contributed by atoms with Crippen molar-refractivity contribution in [3.8, 4) is 5.75 Å². The number of thiophene rings is 1. The van der Waals surface area contributed by atoms with Gasteiger partial charge in [0.25, 0.3) is 5.91 Å². The molecule has 174 valence electrons. The number of thioether (sulfide) groups is 1. The number of rotatable bonds is 9. The summed E-state index contributed by atoms with van der Waals surface area (Å²) in [4.78, 5) is 25.8. The van der Waals surface area contributed by atoms with Gasteiger partial charge >= 0.3 is 0 Å². The molecule has 33 heavy (non-hydrogen) atoms. The molecule has 4 rings (SSSR count). The number of ether oxygens (including phenoxy) is 1. The Hall–Kier alpha value is -2.85. The normalized spacial score (nSPS) is 12.9. The minimum atomic E-state index is -0.485. The van der Waals surface area contributed by atoms with E-state index in [0.717, 1.165) is 47.4 Å². The number of carbonyl (C=O) groups excluding carboxylic acids is 2.